The number of piperazine rings is 1. The van der Waals surface area contributed by atoms with Crippen molar-refractivity contribution in [2.24, 2.45) is 0 Å². The summed E-state index contributed by atoms with van der Waals surface area (Å²) in [5, 5.41) is 3.12. The van der Waals surface area contributed by atoms with Gasteiger partial charge in [-0.25, -0.2) is 0 Å². The highest BCUT2D eigenvalue weighted by atomic mass is 32.2. The van der Waals surface area contributed by atoms with Gasteiger partial charge in [0.25, 0.3) is 0 Å². The summed E-state index contributed by atoms with van der Waals surface area (Å²) in [6.07, 6.45) is 0. The van der Waals surface area contributed by atoms with Crippen LogP contribution in [0.15, 0.2) is 24.3 Å². The third-order valence-corrected chi connectivity index (χ3v) is 4.52. The fourth-order valence-corrected chi connectivity index (χ4v) is 3.18. The van der Waals surface area contributed by atoms with Crippen LogP contribution in [0.1, 0.15) is 25.3 Å². The van der Waals surface area contributed by atoms with Crippen molar-refractivity contribution in [1.82, 2.24) is 9.62 Å². The van der Waals surface area contributed by atoms with E-state index in [0.29, 0.717) is 31.9 Å². The molecule has 0 aromatic heterocycles. The maximum atomic E-state index is 12.2. The molecule has 0 atom stereocenters. The van der Waals surface area contributed by atoms with Gasteiger partial charge in [0, 0.05) is 26.2 Å². The molecule has 0 saturated carbocycles. The molecular formula is C13H20N2O3S. The quantitative estimate of drug-likeness (QED) is 0.906. The molecule has 1 N–H and O–H groups in total. The molecule has 2 rings (SSSR count). The van der Waals surface area contributed by atoms with Crippen LogP contribution in [0.3, 0.4) is 0 Å². The molecule has 0 bridgehead atoms. The topological polar surface area (TPSA) is 58.6 Å². The fourth-order valence-electron chi connectivity index (χ4n) is 2.07. The molecule has 0 radical (unpaired) electrons. The second kappa shape index (κ2) is 5.90. The van der Waals surface area contributed by atoms with Crippen molar-refractivity contribution < 1.29 is 12.6 Å². The fraction of sp³-hybridized carbons (Fsp3) is 0.538. The first-order chi connectivity index (χ1) is 9.00. The van der Waals surface area contributed by atoms with Crippen molar-refractivity contribution in [3.8, 4) is 5.75 Å². The predicted molar refractivity (Wildman–Crippen MR) is 74.5 cm³/mol. The van der Waals surface area contributed by atoms with E-state index in [9.17, 15) is 8.42 Å². The zero-order valence-corrected chi connectivity index (χ0v) is 12.1. The normalized spacial score (nSPS) is 17.6. The number of benzene rings is 1. The van der Waals surface area contributed by atoms with Crippen LogP contribution in [0.2, 0.25) is 0 Å². The van der Waals surface area contributed by atoms with Gasteiger partial charge in [0.1, 0.15) is 5.75 Å². The van der Waals surface area contributed by atoms with E-state index < -0.39 is 10.3 Å². The van der Waals surface area contributed by atoms with Crippen LogP contribution in [0, 0.1) is 0 Å². The van der Waals surface area contributed by atoms with Gasteiger partial charge in [0.15, 0.2) is 0 Å². The minimum atomic E-state index is -3.70. The standard InChI is InChI=1S/C13H20N2O3S/c1-11(2)12-5-3-4-6-13(12)18-19(16,17)15-9-7-14-8-10-15/h3-6,11,14H,7-10H2,1-2H3. The van der Waals surface area contributed by atoms with E-state index in [1.54, 1.807) is 12.1 Å². The van der Waals surface area contributed by atoms with E-state index >= 15 is 0 Å². The van der Waals surface area contributed by atoms with Crippen molar-refractivity contribution in [3.63, 3.8) is 0 Å². The first-order valence-corrected chi connectivity index (χ1v) is 7.86. The predicted octanol–water partition coefficient (Wildman–Crippen LogP) is 1.34. The number of hydrogen-bond donors (Lipinski definition) is 1. The van der Waals surface area contributed by atoms with Gasteiger partial charge in [-0.2, -0.15) is 12.7 Å². The highest BCUT2D eigenvalue weighted by Crippen LogP contribution is 2.27. The smallest absolute Gasteiger partial charge is 0.370 e. The Bertz CT molecular complexity index is 522. The van der Waals surface area contributed by atoms with E-state index in [1.165, 1.54) is 4.31 Å². The molecule has 1 aromatic rings. The molecule has 1 aliphatic rings. The Morgan fingerprint density at radius 3 is 2.47 bits per heavy atom. The summed E-state index contributed by atoms with van der Waals surface area (Å²) in [5.74, 6) is 0.644. The molecule has 6 heteroatoms. The lowest BCUT2D eigenvalue weighted by Crippen LogP contribution is -2.47. The van der Waals surface area contributed by atoms with Crippen molar-refractivity contribution in [1.29, 1.82) is 0 Å². The summed E-state index contributed by atoms with van der Waals surface area (Å²) < 4.78 is 31.1. The zero-order valence-electron chi connectivity index (χ0n) is 11.3. The third-order valence-electron chi connectivity index (χ3n) is 3.13. The van der Waals surface area contributed by atoms with Gasteiger partial charge in [-0.1, -0.05) is 32.0 Å². The monoisotopic (exact) mass is 284 g/mol. The van der Waals surface area contributed by atoms with Gasteiger partial charge in [-0.3, -0.25) is 0 Å². The molecule has 1 fully saturated rings. The van der Waals surface area contributed by atoms with Crippen molar-refractivity contribution in [2.75, 3.05) is 26.2 Å². The largest absolute Gasteiger partial charge is 0.385 e. The second-order valence-electron chi connectivity index (χ2n) is 4.88. The van der Waals surface area contributed by atoms with Crippen molar-refractivity contribution in [3.05, 3.63) is 29.8 Å². The molecule has 0 amide bonds. The molecule has 0 unspecified atom stereocenters. The summed E-state index contributed by atoms with van der Waals surface area (Å²) in [6, 6.07) is 7.27. The van der Waals surface area contributed by atoms with Crippen molar-refractivity contribution >= 4 is 10.3 Å². The number of para-hydroxylation sites is 1. The van der Waals surface area contributed by atoms with Crippen molar-refractivity contribution in [2.45, 2.75) is 19.8 Å². The Labute approximate surface area is 114 Å². The lowest BCUT2D eigenvalue weighted by atomic mass is 10.0. The number of nitrogens with one attached hydrogen (secondary N) is 1. The second-order valence-corrected chi connectivity index (χ2v) is 6.42. The molecule has 1 aromatic carbocycles. The molecular weight excluding hydrogens is 264 g/mol. The van der Waals surface area contributed by atoms with Gasteiger partial charge in [0.05, 0.1) is 0 Å². The molecule has 19 heavy (non-hydrogen) atoms. The summed E-state index contributed by atoms with van der Waals surface area (Å²) in [7, 11) is -3.70. The lowest BCUT2D eigenvalue weighted by molar-refractivity contribution is 0.322. The first-order valence-electron chi connectivity index (χ1n) is 6.50. The Hall–Kier alpha value is -1.11. The summed E-state index contributed by atoms with van der Waals surface area (Å²) >= 11 is 0. The molecule has 1 saturated heterocycles. The summed E-state index contributed by atoms with van der Waals surface area (Å²) in [6.45, 7) is 6.25. The van der Waals surface area contributed by atoms with Gasteiger partial charge in [-0.15, -0.1) is 0 Å². The van der Waals surface area contributed by atoms with Crippen LogP contribution < -0.4 is 9.50 Å². The highest BCUT2D eigenvalue weighted by Gasteiger charge is 2.26. The number of rotatable bonds is 4. The minimum Gasteiger partial charge on any atom is -0.370 e. The highest BCUT2D eigenvalue weighted by molar-refractivity contribution is 7.84. The Kier molecular flexibility index (Phi) is 4.44. The summed E-state index contributed by atoms with van der Waals surface area (Å²) in [4.78, 5) is 0. The summed E-state index contributed by atoms with van der Waals surface area (Å²) in [5.41, 5.74) is 0.904. The number of nitrogens with zero attached hydrogens (tertiary/aromatic N) is 1. The van der Waals surface area contributed by atoms with Gasteiger partial charge >= 0.3 is 10.3 Å². The molecule has 1 heterocycles. The SMILES string of the molecule is CC(C)c1ccccc1OS(=O)(=O)N1CCNCC1. The first kappa shape index (κ1) is 14.3. The molecule has 5 nitrogen and oxygen atoms in total. The van der Waals surface area contributed by atoms with Gasteiger partial charge in [0.2, 0.25) is 0 Å². The van der Waals surface area contributed by atoms with E-state index in [2.05, 4.69) is 5.32 Å². The molecule has 1 aliphatic heterocycles. The molecule has 0 aliphatic carbocycles. The maximum absolute atomic E-state index is 12.2. The zero-order chi connectivity index (χ0) is 13.9. The number of hydrogen-bond acceptors (Lipinski definition) is 4. The van der Waals surface area contributed by atoms with Gasteiger partial charge < -0.3 is 9.50 Å². The van der Waals surface area contributed by atoms with Crippen LogP contribution in [-0.2, 0) is 10.3 Å². The Morgan fingerprint density at radius 1 is 1.21 bits per heavy atom. The van der Waals surface area contributed by atoms with Crippen LogP contribution in [0.5, 0.6) is 5.75 Å². The lowest BCUT2D eigenvalue weighted by Gasteiger charge is -2.26. The van der Waals surface area contributed by atoms with E-state index in [-0.39, 0.29) is 5.92 Å². The van der Waals surface area contributed by atoms with E-state index in [1.807, 2.05) is 26.0 Å². The Balaban J connectivity index is 2.20. The van der Waals surface area contributed by atoms with Crippen LogP contribution in [0.4, 0.5) is 0 Å². The van der Waals surface area contributed by atoms with Crippen LogP contribution >= 0.6 is 0 Å². The minimum absolute atomic E-state index is 0.217. The van der Waals surface area contributed by atoms with E-state index in [0.717, 1.165) is 5.56 Å². The Morgan fingerprint density at radius 2 is 1.84 bits per heavy atom. The average Bonchev–Trinajstić information content (AvgIpc) is 2.39. The van der Waals surface area contributed by atoms with Crippen LogP contribution in [0.25, 0.3) is 0 Å². The van der Waals surface area contributed by atoms with E-state index in [4.69, 9.17) is 4.18 Å². The average molecular weight is 284 g/mol. The third kappa shape index (κ3) is 3.46. The molecule has 0 spiro atoms. The maximum Gasteiger partial charge on any atom is 0.385 e. The van der Waals surface area contributed by atoms with Crippen LogP contribution in [-0.4, -0.2) is 38.9 Å². The molecule has 106 valence electrons. The van der Waals surface area contributed by atoms with Gasteiger partial charge in [-0.05, 0) is 17.5 Å².